The maximum absolute atomic E-state index is 12.5. The van der Waals surface area contributed by atoms with E-state index in [0.717, 1.165) is 13.1 Å². The van der Waals surface area contributed by atoms with Gasteiger partial charge >= 0.3 is 0 Å². The smallest absolute Gasteiger partial charge is 0.260 e. The molecule has 7 nitrogen and oxygen atoms in total. The molecule has 0 aliphatic carbocycles. The number of hydrogen-bond donors (Lipinski definition) is 0. The van der Waals surface area contributed by atoms with E-state index < -0.39 is 10.0 Å². The molecule has 9 heteroatoms. The van der Waals surface area contributed by atoms with E-state index in [4.69, 9.17) is 16.3 Å². The number of benzene rings is 1. The first kappa shape index (κ1) is 21.0. The molecule has 146 valence electrons. The quantitative estimate of drug-likeness (QED) is 0.690. The van der Waals surface area contributed by atoms with E-state index in [1.54, 1.807) is 18.7 Å². The SMILES string of the molecule is CCN(CC)S(=O)(=O)c1ccc(OCC(=O)N2CCN(C)CC2)c(Cl)c1. The Hall–Kier alpha value is -1.35. The minimum atomic E-state index is -3.58. The lowest BCUT2D eigenvalue weighted by molar-refractivity contribution is -0.134. The number of piperazine rings is 1. The number of sulfonamides is 1. The number of likely N-dealkylation sites (N-methyl/N-ethyl adjacent to an activating group) is 1. The van der Waals surface area contributed by atoms with Crippen LogP contribution in [-0.4, -0.2) is 81.4 Å². The Morgan fingerprint density at radius 1 is 1.19 bits per heavy atom. The molecule has 1 aromatic rings. The summed E-state index contributed by atoms with van der Waals surface area (Å²) in [6.07, 6.45) is 0. The number of amides is 1. The van der Waals surface area contributed by atoms with Gasteiger partial charge in [-0.2, -0.15) is 4.31 Å². The van der Waals surface area contributed by atoms with E-state index in [2.05, 4.69) is 4.90 Å². The summed E-state index contributed by atoms with van der Waals surface area (Å²) in [5.74, 6) is 0.196. The fourth-order valence-electron chi connectivity index (χ4n) is 2.76. The molecule has 0 unspecified atom stereocenters. The van der Waals surface area contributed by atoms with Crippen molar-refractivity contribution in [3.63, 3.8) is 0 Å². The highest BCUT2D eigenvalue weighted by atomic mass is 35.5. The molecular formula is C17H26ClN3O4S. The van der Waals surface area contributed by atoms with E-state index in [0.29, 0.717) is 31.9 Å². The lowest BCUT2D eigenvalue weighted by Gasteiger charge is -2.32. The predicted molar refractivity (Wildman–Crippen MR) is 101 cm³/mol. The fourth-order valence-corrected chi connectivity index (χ4v) is 4.54. The van der Waals surface area contributed by atoms with Crippen molar-refractivity contribution in [3.8, 4) is 5.75 Å². The lowest BCUT2D eigenvalue weighted by Crippen LogP contribution is -2.48. The Balaban J connectivity index is 2.02. The van der Waals surface area contributed by atoms with Gasteiger partial charge in [0.15, 0.2) is 6.61 Å². The summed E-state index contributed by atoms with van der Waals surface area (Å²) in [5, 5.41) is 0.171. The van der Waals surface area contributed by atoms with E-state index in [1.165, 1.54) is 22.5 Å². The molecular weight excluding hydrogens is 378 g/mol. The first-order valence-electron chi connectivity index (χ1n) is 8.68. The van der Waals surface area contributed by atoms with Crippen molar-refractivity contribution >= 4 is 27.5 Å². The molecule has 0 N–H and O–H groups in total. The average molecular weight is 404 g/mol. The van der Waals surface area contributed by atoms with Crippen molar-refractivity contribution in [2.75, 3.05) is 52.9 Å². The Labute approximate surface area is 160 Å². The highest BCUT2D eigenvalue weighted by Gasteiger charge is 2.23. The van der Waals surface area contributed by atoms with Crippen molar-refractivity contribution in [2.24, 2.45) is 0 Å². The molecule has 0 bridgehead atoms. The zero-order chi connectivity index (χ0) is 19.3. The molecule has 1 aliphatic heterocycles. The first-order valence-corrected chi connectivity index (χ1v) is 10.5. The predicted octanol–water partition coefficient (Wildman–Crippen LogP) is 1.52. The normalized spacial score (nSPS) is 16.1. The molecule has 1 fully saturated rings. The van der Waals surface area contributed by atoms with Gasteiger partial charge in [-0.3, -0.25) is 4.79 Å². The van der Waals surface area contributed by atoms with Crippen LogP contribution in [0, 0.1) is 0 Å². The van der Waals surface area contributed by atoms with Gasteiger partial charge in [0.05, 0.1) is 9.92 Å². The topological polar surface area (TPSA) is 70.2 Å². The number of hydrogen-bond acceptors (Lipinski definition) is 5. The van der Waals surface area contributed by atoms with Gasteiger partial charge in [-0.15, -0.1) is 0 Å². The van der Waals surface area contributed by atoms with Gasteiger partial charge < -0.3 is 14.5 Å². The van der Waals surface area contributed by atoms with Gasteiger partial charge in [0, 0.05) is 39.3 Å². The summed E-state index contributed by atoms with van der Waals surface area (Å²) in [6.45, 7) is 7.23. The van der Waals surface area contributed by atoms with Gasteiger partial charge in [-0.1, -0.05) is 25.4 Å². The van der Waals surface area contributed by atoms with Crippen LogP contribution in [0.5, 0.6) is 5.75 Å². The van der Waals surface area contributed by atoms with E-state index >= 15 is 0 Å². The monoisotopic (exact) mass is 403 g/mol. The van der Waals surface area contributed by atoms with Crippen LogP contribution in [0.25, 0.3) is 0 Å². The third-order valence-electron chi connectivity index (χ3n) is 4.45. The Morgan fingerprint density at radius 3 is 2.35 bits per heavy atom. The molecule has 0 atom stereocenters. The fraction of sp³-hybridized carbons (Fsp3) is 0.588. The zero-order valence-corrected chi connectivity index (χ0v) is 17.0. The number of rotatable bonds is 7. The summed E-state index contributed by atoms with van der Waals surface area (Å²) in [5.41, 5.74) is 0. The Morgan fingerprint density at radius 2 is 1.81 bits per heavy atom. The van der Waals surface area contributed by atoms with Crippen LogP contribution < -0.4 is 4.74 Å². The summed E-state index contributed by atoms with van der Waals surface area (Å²) < 4.78 is 31.9. The Bertz CT molecular complexity index is 730. The van der Waals surface area contributed by atoms with Crippen molar-refractivity contribution in [3.05, 3.63) is 23.2 Å². The number of carbonyl (C=O) groups excluding carboxylic acids is 1. The number of nitrogens with zero attached hydrogens (tertiary/aromatic N) is 3. The van der Waals surface area contributed by atoms with E-state index in [-0.39, 0.29) is 22.4 Å². The van der Waals surface area contributed by atoms with E-state index in [1.807, 2.05) is 7.05 Å². The van der Waals surface area contributed by atoms with E-state index in [9.17, 15) is 13.2 Å². The Kier molecular flexibility index (Phi) is 7.28. The molecule has 2 rings (SSSR count). The second kappa shape index (κ2) is 9.03. The van der Waals surface area contributed by atoms with Gasteiger partial charge in [-0.25, -0.2) is 8.42 Å². The second-order valence-corrected chi connectivity index (χ2v) is 8.50. The molecule has 0 radical (unpaired) electrons. The van der Waals surface area contributed by atoms with Crippen LogP contribution in [-0.2, 0) is 14.8 Å². The van der Waals surface area contributed by atoms with Crippen molar-refractivity contribution in [2.45, 2.75) is 18.7 Å². The van der Waals surface area contributed by atoms with Crippen LogP contribution in [0.4, 0.5) is 0 Å². The molecule has 0 aromatic heterocycles. The lowest BCUT2D eigenvalue weighted by atomic mass is 10.3. The minimum Gasteiger partial charge on any atom is -0.482 e. The molecule has 0 saturated carbocycles. The highest BCUT2D eigenvalue weighted by molar-refractivity contribution is 7.89. The number of ether oxygens (including phenoxy) is 1. The first-order chi connectivity index (χ1) is 12.3. The minimum absolute atomic E-state index is 0.103. The number of halogens is 1. The van der Waals surface area contributed by atoms with Crippen LogP contribution in [0.3, 0.4) is 0 Å². The summed E-state index contributed by atoms with van der Waals surface area (Å²) in [6, 6.07) is 4.32. The molecule has 1 amide bonds. The molecule has 1 saturated heterocycles. The third-order valence-corrected chi connectivity index (χ3v) is 6.79. The van der Waals surface area contributed by atoms with Gasteiger partial charge in [0.25, 0.3) is 5.91 Å². The summed E-state index contributed by atoms with van der Waals surface area (Å²) >= 11 is 6.18. The van der Waals surface area contributed by atoms with Gasteiger partial charge in [0.1, 0.15) is 5.75 Å². The second-order valence-electron chi connectivity index (χ2n) is 6.15. The molecule has 0 spiro atoms. The van der Waals surface area contributed by atoms with Crippen molar-refractivity contribution in [1.29, 1.82) is 0 Å². The van der Waals surface area contributed by atoms with Crippen LogP contribution in [0.2, 0.25) is 5.02 Å². The van der Waals surface area contributed by atoms with Crippen LogP contribution in [0.1, 0.15) is 13.8 Å². The zero-order valence-electron chi connectivity index (χ0n) is 15.4. The summed E-state index contributed by atoms with van der Waals surface area (Å²) in [7, 11) is -1.56. The molecule has 1 aromatic carbocycles. The average Bonchev–Trinajstić information content (AvgIpc) is 2.61. The van der Waals surface area contributed by atoms with Gasteiger partial charge in [0.2, 0.25) is 10.0 Å². The maximum atomic E-state index is 12.5. The standard InChI is InChI=1S/C17H26ClN3O4S/c1-4-21(5-2)26(23,24)14-6-7-16(15(18)12-14)25-13-17(22)20-10-8-19(3)9-11-20/h6-7,12H,4-5,8-11,13H2,1-3H3. The molecule has 1 aliphatic rings. The summed E-state index contributed by atoms with van der Waals surface area (Å²) in [4.78, 5) is 16.3. The third kappa shape index (κ3) is 4.88. The van der Waals surface area contributed by atoms with Crippen LogP contribution in [0.15, 0.2) is 23.1 Å². The molecule has 26 heavy (non-hydrogen) atoms. The largest absolute Gasteiger partial charge is 0.482 e. The van der Waals surface area contributed by atoms with Crippen LogP contribution >= 0.6 is 11.6 Å². The maximum Gasteiger partial charge on any atom is 0.260 e. The van der Waals surface area contributed by atoms with Gasteiger partial charge in [-0.05, 0) is 25.2 Å². The van der Waals surface area contributed by atoms with Crippen molar-refractivity contribution in [1.82, 2.24) is 14.1 Å². The van der Waals surface area contributed by atoms with Crippen molar-refractivity contribution < 1.29 is 17.9 Å². The molecule has 1 heterocycles. The number of carbonyl (C=O) groups is 1. The highest BCUT2D eigenvalue weighted by Crippen LogP contribution is 2.28.